The first-order chi connectivity index (χ1) is 10.2. The maximum absolute atomic E-state index is 11.1. The van der Waals surface area contributed by atoms with Gasteiger partial charge in [0.05, 0.1) is 6.10 Å². The van der Waals surface area contributed by atoms with Crippen LogP contribution in [0.2, 0.25) is 0 Å². The second-order valence-electron chi connectivity index (χ2n) is 6.19. The molecule has 1 N–H and O–H groups in total. The molecule has 2 atom stereocenters. The molecule has 0 spiro atoms. The van der Waals surface area contributed by atoms with Gasteiger partial charge in [0.1, 0.15) is 0 Å². The minimum atomic E-state index is -0.463. The minimum Gasteiger partial charge on any atom is -0.387 e. The summed E-state index contributed by atoms with van der Waals surface area (Å²) in [5.41, 5.74) is 3.31. The molecule has 0 amide bonds. The van der Waals surface area contributed by atoms with Crippen molar-refractivity contribution in [3.63, 3.8) is 0 Å². The first-order valence-electron chi connectivity index (χ1n) is 8.30. The number of unbranched alkanes of at least 4 members (excludes halogenated alkanes) is 2. The van der Waals surface area contributed by atoms with Crippen molar-refractivity contribution in [3.8, 4) is 0 Å². The van der Waals surface area contributed by atoms with Gasteiger partial charge in [0.25, 0.3) is 0 Å². The summed E-state index contributed by atoms with van der Waals surface area (Å²) in [5.74, 6) is 0. The highest BCUT2D eigenvalue weighted by molar-refractivity contribution is 5.50. The molecule has 0 aliphatic heterocycles. The molecule has 0 radical (unpaired) electrons. The van der Waals surface area contributed by atoms with Crippen LogP contribution in [0, 0.1) is 5.41 Å². The van der Waals surface area contributed by atoms with Crippen LogP contribution < -0.4 is 0 Å². The molecule has 21 heavy (non-hydrogen) atoms. The zero-order valence-electron chi connectivity index (χ0n) is 13.4. The number of benzene rings is 1. The summed E-state index contributed by atoms with van der Waals surface area (Å²) < 4.78 is 0. The first kappa shape index (κ1) is 16.0. The number of hydrogen-bond donors (Lipinski definition) is 1. The highest BCUT2D eigenvalue weighted by Crippen LogP contribution is 2.58. The lowest BCUT2D eigenvalue weighted by Gasteiger charge is -2.48. The van der Waals surface area contributed by atoms with Crippen molar-refractivity contribution in [3.05, 3.63) is 59.7 Å². The third-order valence-corrected chi connectivity index (χ3v) is 4.80. The van der Waals surface area contributed by atoms with Gasteiger partial charge in [-0.15, -0.1) is 0 Å². The molecular formula is C20H28O. The maximum atomic E-state index is 11.1. The van der Waals surface area contributed by atoms with Crippen LogP contribution in [0.1, 0.15) is 64.0 Å². The Labute approximate surface area is 129 Å². The zero-order chi connectivity index (χ0) is 15.3. The Kier molecular flexibility index (Phi) is 5.41. The van der Waals surface area contributed by atoms with Gasteiger partial charge in [0.15, 0.2) is 0 Å². The monoisotopic (exact) mass is 284 g/mol. The smallest absolute Gasteiger partial charge is 0.0923 e. The number of allylic oxidation sites excluding steroid dienone is 1. The fraction of sp³-hybridized carbons (Fsp3) is 0.500. The van der Waals surface area contributed by atoms with Gasteiger partial charge >= 0.3 is 0 Å². The SMILES string of the molecule is C=C1C=C(CCCC)[C@]1(CCCC)C(O)c1ccccc1. The lowest BCUT2D eigenvalue weighted by molar-refractivity contribution is 0.0568. The summed E-state index contributed by atoms with van der Waals surface area (Å²) >= 11 is 0. The van der Waals surface area contributed by atoms with E-state index in [1.165, 1.54) is 18.4 Å². The van der Waals surface area contributed by atoms with Crippen molar-refractivity contribution in [2.24, 2.45) is 5.41 Å². The van der Waals surface area contributed by atoms with Crippen molar-refractivity contribution < 1.29 is 5.11 Å². The van der Waals surface area contributed by atoms with Crippen LogP contribution in [-0.2, 0) is 0 Å². The van der Waals surface area contributed by atoms with E-state index in [-0.39, 0.29) is 5.41 Å². The van der Waals surface area contributed by atoms with Crippen molar-refractivity contribution in [1.29, 1.82) is 0 Å². The van der Waals surface area contributed by atoms with Crippen LogP contribution in [0.3, 0.4) is 0 Å². The molecule has 1 aromatic rings. The predicted octanol–water partition coefficient (Wildman–Crippen LogP) is 5.58. The Morgan fingerprint density at radius 1 is 1.10 bits per heavy atom. The zero-order valence-corrected chi connectivity index (χ0v) is 13.4. The second-order valence-corrected chi connectivity index (χ2v) is 6.19. The van der Waals surface area contributed by atoms with Gasteiger partial charge in [-0.1, -0.05) is 81.7 Å². The van der Waals surface area contributed by atoms with E-state index in [4.69, 9.17) is 0 Å². The molecule has 2 rings (SSSR count). The molecule has 0 fully saturated rings. The average molecular weight is 284 g/mol. The standard InChI is InChI=1S/C20H28O/c1-4-6-13-18-15-16(3)20(18,14-7-5-2)19(21)17-11-9-8-10-12-17/h8-12,15,19,21H,3-7,13-14H2,1-2H3/t19?,20-/m1/s1. The number of aliphatic hydroxyl groups excluding tert-OH is 1. The first-order valence-corrected chi connectivity index (χ1v) is 8.30. The number of rotatable bonds is 8. The van der Waals surface area contributed by atoms with Gasteiger partial charge in [-0.2, -0.15) is 0 Å². The molecule has 0 heterocycles. The maximum Gasteiger partial charge on any atom is 0.0923 e. The highest BCUT2D eigenvalue weighted by atomic mass is 16.3. The van der Waals surface area contributed by atoms with Gasteiger partial charge in [0, 0.05) is 5.41 Å². The molecule has 0 bridgehead atoms. The topological polar surface area (TPSA) is 20.2 Å². The van der Waals surface area contributed by atoms with Crippen LogP contribution in [0.4, 0.5) is 0 Å². The molecule has 1 aliphatic carbocycles. The second kappa shape index (κ2) is 7.09. The van der Waals surface area contributed by atoms with E-state index in [0.717, 1.165) is 36.8 Å². The Bertz CT molecular complexity index is 500. The summed E-state index contributed by atoms with van der Waals surface area (Å²) in [6, 6.07) is 10.1. The van der Waals surface area contributed by atoms with Crippen molar-refractivity contribution >= 4 is 0 Å². The summed E-state index contributed by atoms with van der Waals surface area (Å²) in [7, 11) is 0. The fourth-order valence-electron chi connectivity index (χ4n) is 3.44. The van der Waals surface area contributed by atoms with Gasteiger partial charge in [-0.05, 0) is 30.4 Å². The summed E-state index contributed by atoms with van der Waals surface area (Å²) in [4.78, 5) is 0. The average Bonchev–Trinajstić information content (AvgIpc) is 2.52. The summed E-state index contributed by atoms with van der Waals surface area (Å²) in [5, 5.41) is 11.1. The van der Waals surface area contributed by atoms with Gasteiger partial charge in [-0.3, -0.25) is 0 Å². The van der Waals surface area contributed by atoms with Crippen LogP contribution >= 0.6 is 0 Å². The molecule has 0 aromatic heterocycles. The third-order valence-electron chi connectivity index (χ3n) is 4.80. The van der Waals surface area contributed by atoms with Crippen molar-refractivity contribution in [2.75, 3.05) is 0 Å². The Balaban J connectivity index is 2.29. The number of aliphatic hydroxyl groups is 1. The van der Waals surface area contributed by atoms with Gasteiger partial charge in [0.2, 0.25) is 0 Å². The van der Waals surface area contributed by atoms with Gasteiger partial charge in [-0.25, -0.2) is 0 Å². The molecular weight excluding hydrogens is 256 g/mol. The minimum absolute atomic E-state index is 0.216. The third kappa shape index (κ3) is 2.98. The van der Waals surface area contributed by atoms with E-state index in [9.17, 15) is 5.11 Å². The van der Waals surface area contributed by atoms with Crippen LogP contribution in [0.25, 0.3) is 0 Å². The van der Waals surface area contributed by atoms with Crippen LogP contribution in [0.5, 0.6) is 0 Å². The predicted molar refractivity (Wildman–Crippen MR) is 90.1 cm³/mol. The van der Waals surface area contributed by atoms with E-state index in [0.29, 0.717) is 0 Å². The molecule has 1 unspecified atom stereocenters. The molecule has 1 heteroatoms. The Hall–Kier alpha value is -1.34. The van der Waals surface area contributed by atoms with E-state index in [2.05, 4.69) is 26.5 Å². The lowest BCUT2D eigenvalue weighted by Crippen LogP contribution is -2.38. The molecule has 0 saturated heterocycles. The molecule has 1 aliphatic rings. The van der Waals surface area contributed by atoms with E-state index in [1.807, 2.05) is 30.3 Å². The molecule has 114 valence electrons. The van der Waals surface area contributed by atoms with E-state index >= 15 is 0 Å². The molecule has 1 nitrogen and oxygen atoms in total. The van der Waals surface area contributed by atoms with Gasteiger partial charge < -0.3 is 5.11 Å². The summed E-state index contributed by atoms with van der Waals surface area (Å²) in [6.45, 7) is 8.66. The molecule has 0 saturated carbocycles. The molecule has 1 aromatic carbocycles. The quantitative estimate of drug-likeness (QED) is 0.660. The number of hydrogen-bond acceptors (Lipinski definition) is 1. The van der Waals surface area contributed by atoms with Crippen LogP contribution in [0.15, 0.2) is 54.1 Å². The lowest BCUT2D eigenvalue weighted by atomic mass is 9.57. The normalized spacial score (nSPS) is 22.6. The highest BCUT2D eigenvalue weighted by Gasteiger charge is 2.48. The van der Waals surface area contributed by atoms with E-state index < -0.39 is 6.10 Å². The fourth-order valence-corrected chi connectivity index (χ4v) is 3.44. The Morgan fingerprint density at radius 3 is 2.33 bits per heavy atom. The van der Waals surface area contributed by atoms with Crippen molar-refractivity contribution in [1.82, 2.24) is 0 Å². The largest absolute Gasteiger partial charge is 0.387 e. The van der Waals surface area contributed by atoms with E-state index in [1.54, 1.807) is 0 Å². The Morgan fingerprint density at radius 2 is 1.76 bits per heavy atom. The summed E-state index contributed by atoms with van der Waals surface area (Å²) in [6.07, 6.45) is 8.50. The van der Waals surface area contributed by atoms with Crippen molar-refractivity contribution in [2.45, 2.75) is 58.5 Å². The van der Waals surface area contributed by atoms with Crippen LogP contribution in [-0.4, -0.2) is 5.11 Å².